The Morgan fingerprint density at radius 3 is 2.39 bits per heavy atom. The van der Waals surface area contributed by atoms with Gasteiger partial charge >= 0.3 is 0 Å². The Labute approximate surface area is 188 Å². The number of thiocarbonyl (C=S) groups is 1. The minimum absolute atomic E-state index is 0.240. The zero-order valence-corrected chi connectivity index (χ0v) is 18.4. The number of aliphatic imine (C=N–C) groups is 1. The molecule has 0 amide bonds. The van der Waals surface area contributed by atoms with Gasteiger partial charge in [0.05, 0.1) is 5.16 Å². The molecule has 0 radical (unpaired) electrons. The molecule has 0 aliphatic heterocycles. The van der Waals surface area contributed by atoms with Crippen molar-refractivity contribution in [2.75, 3.05) is 0 Å². The standard InChI is InChI=1S/C27H25F2NS/c1-2-3-4-20-5-7-21(8-6-20)9-10-22-11-13-23(14-12-22)15-16-24-17-25(28)27(30-19-31)26(29)18-24/h7,9-14,17-18,20H,2-6,8H2,1H3/b10-9+. The number of unbranched alkanes of at least 4 members (excludes halogenated alkanes) is 1. The Bertz CT molecular complexity index is 1060. The highest BCUT2D eigenvalue weighted by atomic mass is 32.1. The van der Waals surface area contributed by atoms with E-state index in [0.717, 1.165) is 35.6 Å². The quantitative estimate of drug-likeness (QED) is 0.255. The highest BCUT2D eigenvalue weighted by molar-refractivity contribution is 7.78. The van der Waals surface area contributed by atoms with Crippen LogP contribution in [0.5, 0.6) is 0 Å². The van der Waals surface area contributed by atoms with Gasteiger partial charge in [-0.25, -0.2) is 8.78 Å². The summed E-state index contributed by atoms with van der Waals surface area (Å²) in [5.41, 5.74) is 3.07. The molecule has 158 valence electrons. The fraction of sp³-hybridized carbons (Fsp3) is 0.296. The minimum Gasteiger partial charge on any atom is -0.204 e. The molecule has 0 spiro atoms. The molecule has 1 unspecified atom stereocenters. The number of rotatable bonds is 6. The number of halogens is 2. The molecular weight excluding hydrogens is 408 g/mol. The van der Waals surface area contributed by atoms with E-state index in [-0.39, 0.29) is 5.56 Å². The summed E-state index contributed by atoms with van der Waals surface area (Å²) in [6, 6.07) is 10.1. The number of allylic oxidation sites excluding steroid dienone is 3. The van der Waals surface area contributed by atoms with Crippen molar-refractivity contribution in [3.05, 3.63) is 82.4 Å². The summed E-state index contributed by atoms with van der Waals surface area (Å²) in [4.78, 5) is 3.40. The molecule has 3 rings (SSSR count). The third-order valence-corrected chi connectivity index (χ3v) is 5.54. The fourth-order valence-corrected chi connectivity index (χ4v) is 3.72. The molecule has 1 nitrogen and oxygen atoms in total. The second-order valence-electron chi connectivity index (χ2n) is 7.76. The lowest BCUT2D eigenvalue weighted by atomic mass is 9.86. The molecular formula is C27H25F2NS. The molecule has 0 bridgehead atoms. The highest BCUT2D eigenvalue weighted by Gasteiger charge is 2.12. The number of nitrogens with zero attached hydrogens (tertiary/aromatic N) is 1. The molecule has 2 aromatic rings. The van der Waals surface area contributed by atoms with Gasteiger partial charge in [-0.2, -0.15) is 4.99 Å². The molecule has 31 heavy (non-hydrogen) atoms. The van der Waals surface area contributed by atoms with Crippen molar-refractivity contribution in [2.24, 2.45) is 10.9 Å². The summed E-state index contributed by atoms with van der Waals surface area (Å²) in [6.07, 6.45) is 14.3. The van der Waals surface area contributed by atoms with Crippen LogP contribution in [0.2, 0.25) is 0 Å². The van der Waals surface area contributed by atoms with Crippen LogP contribution in [-0.2, 0) is 0 Å². The van der Waals surface area contributed by atoms with Crippen LogP contribution in [0.1, 0.15) is 62.1 Å². The van der Waals surface area contributed by atoms with E-state index in [9.17, 15) is 8.78 Å². The monoisotopic (exact) mass is 433 g/mol. The molecule has 1 aliphatic carbocycles. The first kappa shape index (κ1) is 22.8. The molecule has 0 saturated carbocycles. The number of hydrogen-bond donors (Lipinski definition) is 0. The van der Waals surface area contributed by atoms with Gasteiger partial charge in [0.1, 0.15) is 5.69 Å². The first-order valence-electron chi connectivity index (χ1n) is 10.6. The van der Waals surface area contributed by atoms with E-state index >= 15 is 0 Å². The molecule has 1 atom stereocenters. The van der Waals surface area contributed by atoms with E-state index in [0.29, 0.717) is 0 Å². The Morgan fingerprint density at radius 1 is 1.06 bits per heavy atom. The van der Waals surface area contributed by atoms with E-state index in [1.807, 2.05) is 29.4 Å². The summed E-state index contributed by atoms with van der Waals surface area (Å²) < 4.78 is 27.8. The van der Waals surface area contributed by atoms with Gasteiger partial charge in [-0.3, -0.25) is 0 Å². The predicted octanol–water partition coefficient (Wildman–Crippen LogP) is 8.03. The van der Waals surface area contributed by atoms with Crippen LogP contribution in [-0.4, -0.2) is 5.16 Å². The molecule has 0 saturated heterocycles. The molecule has 0 fully saturated rings. The Morgan fingerprint density at radius 2 is 1.77 bits per heavy atom. The molecule has 4 heteroatoms. The first-order valence-corrected chi connectivity index (χ1v) is 11.1. The average Bonchev–Trinajstić information content (AvgIpc) is 2.78. The molecule has 0 heterocycles. The zero-order valence-electron chi connectivity index (χ0n) is 17.6. The van der Waals surface area contributed by atoms with E-state index in [1.165, 1.54) is 37.7 Å². The molecule has 0 aromatic heterocycles. The number of isothiocyanates is 1. The van der Waals surface area contributed by atoms with Gasteiger partial charge in [-0.15, -0.1) is 0 Å². The zero-order chi connectivity index (χ0) is 22.1. The van der Waals surface area contributed by atoms with Crippen molar-refractivity contribution in [1.82, 2.24) is 0 Å². The van der Waals surface area contributed by atoms with Crippen molar-refractivity contribution < 1.29 is 8.78 Å². The van der Waals surface area contributed by atoms with Crippen LogP contribution < -0.4 is 0 Å². The highest BCUT2D eigenvalue weighted by Crippen LogP contribution is 2.28. The molecule has 0 N–H and O–H groups in total. The molecule has 2 aromatic carbocycles. The van der Waals surface area contributed by atoms with Crippen LogP contribution in [0.25, 0.3) is 6.08 Å². The van der Waals surface area contributed by atoms with Crippen LogP contribution in [0.4, 0.5) is 14.5 Å². The van der Waals surface area contributed by atoms with Crippen molar-refractivity contribution in [3.63, 3.8) is 0 Å². The summed E-state index contributed by atoms with van der Waals surface area (Å²) in [7, 11) is 0. The van der Waals surface area contributed by atoms with Gasteiger partial charge in [-0.1, -0.05) is 74.0 Å². The Kier molecular flexibility index (Phi) is 8.47. The van der Waals surface area contributed by atoms with Gasteiger partial charge in [0.2, 0.25) is 0 Å². The summed E-state index contributed by atoms with van der Waals surface area (Å²) in [5.74, 6) is 4.95. The second-order valence-corrected chi connectivity index (χ2v) is 7.94. The maximum Gasteiger partial charge on any atom is 0.153 e. The maximum atomic E-state index is 13.9. The lowest BCUT2D eigenvalue weighted by Gasteiger charge is -2.20. The van der Waals surface area contributed by atoms with Crippen molar-refractivity contribution in [1.29, 1.82) is 0 Å². The summed E-state index contributed by atoms with van der Waals surface area (Å²) in [6.45, 7) is 2.25. The third-order valence-electron chi connectivity index (χ3n) is 5.45. The Balaban J connectivity index is 1.62. The van der Waals surface area contributed by atoms with Gasteiger partial charge < -0.3 is 0 Å². The van der Waals surface area contributed by atoms with Gasteiger partial charge in [-0.05, 0) is 67.2 Å². The maximum absolute atomic E-state index is 13.9. The van der Waals surface area contributed by atoms with E-state index in [2.05, 4.69) is 54.2 Å². The second kappa shape index (κ2) is 11.5. The largest absolute Gasteiger partial charge is 0.204 e. The van der Waals surface area contributed by atoms with E-state index in [1.54, 1.807) is 0 Å². The fourth-order valence-electron chi connectivity index (χ4n) is 3.63. The van der Waals surface area contributed by atoms with Crippen LogP contribution >= 0.6 is 12.2 Å². The van der Waals surface area contributed by atoms with Crippen LogP contribution in [0.15, 0.2) is 59.1 Å². The lowest BCUT2D eigenvalue weighted by Crippen LogP contribution is -2.04. The smallest absolute Gasteiger partial charge is 0.153 e. The summed E-state index contributed by atoms with van der Waals surface area (Å²) >= 11 is 4.40. The Hall–Kier alpha value is -2.86. The minimum atomic E-state index is -0.809. The van der Waals surface area contributed by atoms with Crippen LogP contribution in [0, 0.1) is 29.4 Å². The van der Waals surface area contributed by atoms with Gasteiger partial charge in [0.25, 0.3) is 0 Å². The van der Waals surface area contributed by atoms with Crippen LogP contribution in [0.3, 0.4) is 0 Å². The van der Waals surface area contributed by atoms with Gasteiger partial charge in [0, 0.05) is 11.1 Å². The molecule has 1 aliphatic rings. The summed E-state index contributed by atoms with van der Waals surface area (Å²) in [5, 5.41) is 1.97. The van der Waals surface area contributed by atoms with E-state index in [4.69, 9.17) is 0 Å². The SMILES string of the molecule is CCCCC1CC=C(/C=C/c2ccc(C#Cc3cc(F)c(N=C=S)c(F)c3)cc2)CC1. The average molecular weight is 434 g/mol. The van der Waals surface area contributed by atoms with Crippen molar-refractivity contribution >= 4 is 29.1 Å². The van der Waals surface area contributed by atoms with Crippen molar-refractivity contribution in [3.8, 4) is 11.8 Å². The number of benzene rings is 2. The van der Waals surface area contributed by atoms with Crippen molar-refractivity contribution in [2.45, 2.75) is 45.4 Å². The lowest BCUT2D eigenvalue weighted by molar-refractivity contribution is 0.425. The third kappa shape index (κ3) is 6.82. The first-order chi connectivity index (χ1) is 15.1. The van der Waals surface area contributed by atoms with E-state index < -0.39 is 17.3 Å². The number of hydrogen-bond acceptors (Lipinski definition) is 2. The normalized spacial score (nSPS) is 15.7. The predicted molar refractivity (Wildman–Crippen MR) is 127 cm³/mol. The topological polar surface area (TPSA) is 12.4 Å². The van der Waals surface area contributed by atoms with Gasteiger partial charge in [0.15, 0.2) is 11.6 Å².